The van der Waals surface area contributed by atoms with Crippen molar-refractivity contribution in [2.45, 2.75) is 18.0 Å². The van der Waals surface area contributed by atoms with E-state index in [1.54, 1.807) is 12.1 Å². The quantitative estimate of drug-likeness (QED) is 0.647. The summed E-state index contributed by atoms with van der Waals surface area (Å²) < 4.78 is 60.0. The highest BCUT2D eigenvalue weighted by molar-refractivity contribution is 5.53. The number of anilines is 1. The Hall–Kier alpha value is -3.11. The molecule has 0 radical (unpaired) electrons. The molecule has 4 rings (SSSR count). The van der Waals surface area contributed by atoms with Gasteiger partial charge in [-0.2, -0.15) is 22.5 Å². The van der Waals surface area contributed by atoms with Crippen molar-refractivity contribution in [3.05, 3.63) is 48.8 Å². The molecule has 0 N–H and O–H groups in total. The molecule has 1 aliphatic heterocycles. The predicted octanol–water partition coefficient (Wildman–Crippen LogP) is 2.77. The third kappa shape index (κ3) is 2.98. The molecule has 3 aromatic heterocycles. The fraction of sp³-hybridized carbons (Fsp3) is 0.312. The van der Waals surface area contributed by atoms with E-state index in [2.05, 4.69) is 25.1 Å². The Kier molecular flexibility index (Phi) is 4.01. The van der Waals surface area contributed by atoms with Gasteiger partial charge in [0.1, 0.15) is 5.82 Å². The molecule has 4 heterocycles. The summed E-state index contributed by atoms with van der Waals surface area (Å²) in [7, 11) is 0. The van der Waals surface area contributed by atoms with Gasteiger partial charge in [-0.25, -0.2) is 9.97 Å². The number of hydrogen-bond acceptors (Lipinski definition) is 7. The number of rotatable bonds is 3. The van der Waals surface area contributed by atoms with Gasteiger partial charge in [0.2, 0.25) is 17.7 Å². The highest BCUT2D eigenvalue weighted by Gasteiger charge is 2.63. The van der Waals surface area contributed by atoms with E-state index >= 15 is 0 Å². The number of halogens is 4. The second-order valence-corrected chi connectivity index (χ2v) is 6.11. The van der Waals surface area contributed by atoms with Crippen molar-refractivity contribution in [2.24, 2.45) is 0 Å². The molecule has 7 nitrogen and oxygen atoms in total. The van der Waals surface area contributed by atoms with Gasteiger partial charge in [-0.1, -0.05) is 5.16 Å². The van der Waals surface area contributed by atoms with Crippen LogP contribution in [0.5, 0.6) is 0 Å². The third-order valence-corrected chi connectivity index (χ3v) is 4.52. The zero-order chi connectivity index (χ0) is 19.1. The molecule has 1 fully saturated rings. The predicted molar refractivity (Wildman–Crippen MR) is 84.1 cm³/mol. The Balaban J connectivity index is 1.69. The third-order valence-electron chi connectivity index (χ3n) is 4.52. The minimum atomic E-state index is -4.63. The summed E-state index contributed by atoms with van der Waals surface area (Å²) in [5, 5.41) is 3.69. The summed E-state index contributed by atoms with van der Waals surface area (Å²) >= 11 is 0. The van der Waals surface area contributed by atoms with Crippen LogP contribution >= 0.6 is 0 Å². The van der Waals surface area contributed by atoms with Gasteiger partial charge in [0.25, 0.3) is 0 Å². The van der Waals surface area contributed by atoms with E-state index in [4.69, 9.17) is 4.52 Å². The largest absolute Gasteiger partial charge is 0.405 e. The normalized spacial score (nSPS) is 20.2. The maximum atomic E-state index is 14.0. The highest BCUT2D eigenvalue weighted by atomic mass is 19.4. The summed E-state index contributed by atoms with van der Waals surface area (Å²) in [6.45, 7) is -0.443. The zero-order valence-electron chi connectivity index (χ0n) is 13.7. The Bertz CT molecular complexity index is 930. The van der Waals surface area contributed by atoms with Gasteiger partial charge in [0, 0.05) is 31.0 Å². The Morgan fingerprint density at radius 1 is 1.11 bits per heavy atom. The fourth-order valence-corrected chi connectivity index (χ4v) is 3.04. The lowest BCUT2D eigenvalue weighted by Crippen LogP contribution is -2.45. The van der Waals surface area contributed by atoms with Crippen molar-refractivity contribution in [2.75, 3.05) is 18.0 Å². The van der Waals surface area contributed by atoms with Crippen molar-refractivity contribution < 1.29 is 22.1 Å². The zero-order valence-corrected chi connectivity index (χ0v) is 13.7. The molecular formula is C16H12F4N6O. The Labute approximate surface area is 150 Å². The second kappa shape index (κ2) is 6.25. The average Bonchev–Trinajstić information content (AvgIpc) is 3.31. The van der Waals surface area contributed by atoms with Crippen molar-refractivity contribution in [3.8, 4) is 11.4 Å². The van der Waals surface area contributed by atoms with Crippen LogP contribution in [0.25, 0.3) is 11.4 Å². The number of aromatic nitrogens is 5. The maximum absolute atomic E-state index is 14.0. The summed E-state index contributed by atoms with van der Waals surface area (Å²) in [4.78, 5) is 16.5. The van der Waals surface area contributed by atoms with Crippen molar-refractivity contribution >= 4 is 5.82 Å². The maximum Gasteiger partial charge on any atom is 0.405 e. The van der Waals surface area contributed by atoms with E-state index in [-0.39, 0.29) is 24.6 Å². The molecular weight excluding hydrogens is 368 g/mol. The van der Waals surface area contributed by atoms with Gasteiger partial charge >= 0.3 is 6.18 Å². The lowest BCUT2D eigenvalue weighted by Gasteiger charge is -2.28. The molecule has 1 unspecified atom stereocenters. The molecule has 11 heteroatoms. The standard InChI is InChI=1S/C16H12F4N6O/c17-11-7-23-12(8-22-11)26-6-3-15(9-26,16(18,19)20)14-24-13(25-27-14)10-1-4-21-5-2-10/h1-2,4-5,7-8H,3,6,9H2. The molecule has 0 aliphatic carbocycles. The van der Waals surface area contributed by atoms with Gasteiger partial charge in [-0.05, 0) is 18.6 Å². The van der Waals surface area contributed by atoms with Crippen LogP contribution < -0.4 is 4.90 Å². The first-order valence-corrected chi connectivity index (χ1v) is 7.93. The lowest BCUT2D eigenvalue weighted by atomic mass is 9.86. The summed E-state index contributed by atoms with van der Waals surface area (Å²) in [6.07, 6.45) is -0.00917. The minimum Gasteiger partial charge on any atom is -0.354 e. The van der Waals surface area contributed by atoms with E-state index in [9.17, 15) is 17.6 Å². The van der Waals surface area contributed by atoms with Gasteiger partial charge in [0.15, 0.2) is 5.41 Å². The Morgan fingerprint density at radius 2 is 1.89 bits per heavy atom. The van der Waals surface area contributed by atoms with Crippen LogP contribution in [-0.4, -0.2) is 44.4 Å². The molecule has 0 aromatic carbocycles. The molecule has 140 valence electrons. The summed E-state index contributed by atoms with van der Waals surface area (Å²) in [5.41, 5.74) is -1.85. The van der Waals surface area contributed by atoms with Gasteiger partial charge in [-0.3, -0.25) is 4.98 Å². The first-order chi connectivity index (χ1) is 12.9. The monoisotopic (exact) mass is 380 g/mol. The minimum absolute atomic E-state index is 0.0345. The molecule has 1 aliphatic rings. The average molecular weight is 380 g/mol. The van der Waals surface area contributed by atoms with Crippen LogP contribution in [0.15, 0.2) is 41.4 Å². The molecule has 0 spiro atoms. The first-order valence-electron chi connectivity index (χ1n) is 7.93. The second-order valence-electron chi connectivity index (χ2n) is 6.11. The molecule has 1 atom stereocenters. The first kappa shape index (κ1) is 17.3. The fourth-order valence-electron chi connectivity index (χ4n) is 3.04. The van der Waals surface area contributed by atoms with Crippen LogP contribution in [0.1, 0.15) is 12.3 Å². The molecule has 1 saturated heterocycles. The molecule has 0 amide bonds. The van der Waals surface area contributed by atoms with E-state index in [0.29, 0.717) is 5.56 Å². The molecule has 0 saturated carbocycles. The van der Waals surface area contributed by atoms with E-state index in [1.807, 2.05) is 0 Å². The van der Waals surface area contributed by atoms with Crippen LogP contribution in [0.4, 0.5) is 23.4 Å². The SMILES string of the molecule is Fc1cnc(N2CCC(c3nc(-c4ccncc4)no3)(C(F)(F)F)C2)cn1. The van der Waals surface area contributed by atoms with Crippen LogP contribution in [0.2, 0.25) is 0 Å². The number of alkyl halides is 3. The van der Waals surface area contributed by atoms with Crippen molar-refractivity contribution in [3.63, 3.8) is 0 Å². The molecule has 3 aromatic rings. The van der Waals surface area contributed by atoms with E-state index in [1.165, 1.54) is 17.3 Å². The van der Waals surface area contributed by atoms with E-state index < -0.39 is 30.0 Å². The summed E-state index contributed by atoms with van der Waals surface area (Å²) in [5.74, 6) is -1.12. The molecule has 27 heavy (non-hydrogen) atoms. The molecule has 0 bridgehead atoms. The van der Waals surface area contributed by atoms with Crippen LogP contribution in [0, 0.1) is 5.95 Å². The van der Waals surface area contributed by atoms with E-state index in [0.717, 1.165) is 12.4 Å². The lowest BCUT2D eigenvalue weighted by molar-refractivity contribution is -0.191. The number of hydrogen-bond donors (Lipinski definition) is 0. The number of pyridine rings is 1. The topological polar surface area (TPSA) is 80.8 Å². The van der Waals surface area contributed by atoms with Crippen molar-refractivity contribution in [1.82, 2.24) is 25.1 Å². The van der Waals surface area contributed by atoms with Gasteiger partial charge in [0.05, 0.1) is 12.4 Å². The number of nitrogens with zero attached hydrogens (tertiary/aromatic N) is 6. The van der Waals surface area contributed by atoms with Gasteiger partial charge < -0.3 is 9.42 Å². The Morgan fingerprint density at radius 3 is 2.56 bits per heavy atom. The smallest absolute Gasteiger partial charge is 0.354 e. The highest BCUT2D eigenvalue weighted by Crippen LogP contribution is 2.47. The van der Waals surface area contributed by atoms with Crippen LogP contribution in [-0.2, 0) is 5.41 Å². The van der Waals surface area contributed by atoms with Crippen LogP contribution in [0.3, 0.4) is 0 Å². The van der Waals surface area contributed by atoms with Crippen molar-refractivity contribution in [1.29, 1.82) is 0 Å². The summed E-state index contributed by atoms with van der Waals surface area (Å²) in [6, 6.07) is 3.15. The van der Waals surface area contributed by atoms with Gasteiger partial charge in [-0.15, -0.1) is 0 Å².